The zero-order valence-corrected chi connectivity index (χ0v) is 27.1. The van der Waals surface area contributed by atoms with Gasteiger partial charge in [0.2, 0.25) is 5.91 Å². The van der Waals surface area contributed by atoms with Crippen LogP contribution in [0.15, 0.2) is 35.3 Å². The summed E-state index contributed by atoms with van der Waals surface area (Å²) in [4.78, 5) is 42.2. The smallest absolute Gasteiger partial charge is 0.404 e. The van der Waals surface area contributed by atoms with E-state index in [0.29, 0.717) is 37.5 Å². The Morgan fingerprint density at radius 3 is 2.52 bits per heavy atom. The van der Waals surface area contributed by atoms with E-state index in [1.807, 2.05) is 42.7 Å². The Hall–Kier alpha value is -2.99. The van der Waals surface area contributed by atoms with Crippen molar-refractivity contribution in [2.45, 2.75) is 110 Å². The van der Waals surface area contributed by atoms with Gasteiger partial charge in [-0.2, -0.15) is 0 Å². The number of nitrogens with zero attached hydrogens (tertiary/aromatic N) is 2. The third-order valence-corrected chi connectivity index (χ3v) is 10.4. The second-order valence-electron chi connectivity index (χ2n) is 14.1. The molecule has 1 aliphatic heterocycles. The lowest BCUT2D eigenvalue weighted by atomic mass is 9.43. The molecule has 4 aliphatic rings. The van der Waals surface area contributed by atoms with Gasteiger partial charge in [0, 0.05) is 24.8 Å². The Morgan fingerprint density at radius 2 is 1.91 bits per heavy atom. The standard InChI is InChI=1S/C32H50BN5O6/c1-7-24(21-12-9-8-10-13-21)25(39)17-22(14-11-15-35-30(34)37-38(41)42)29(40)36-28(16-20(2)3)33-43-27-19-23-18-26(31(23,4)5)32(27,6)44-33/h8-10,12-13,20,22-24,26-28H,7,11,14-19H2,1-6H3,(H,36,40)(H3,34,35,37)/t22-,23+,24-,26+,27-,28+,32+/m1/s1. The van der Waals surface area contributed by atoms with Crippen molar-refractivity contribution in [1.82, 2.24) is 10.7 Å². The highest BCUT2D eigenvalue weighted by Crippen LogP contribution is 2.65. The van der Waals surface area contributed by atoms with Crippen LogP contribution in [0, 0.1) is 39.2 Å². The summed E-state index contributed by atoms with van der Waals surface area (Å²) in [6, 6.07) is 9.64. The number of nitrogens with one attached hydrogen (secondary N) is 2. The minimum atomic E-state index is -0.773. The molecule has 7 atom stereocenters. The molecule has 11 nitrogen and oxygen atoms in total. The van der Waals surface area contributed by atoms with Gasteiger partial charge in [0.05, 0.1) is 17.6 Å². The number of guanidine groups is 1. The Bertz CT molecular complexity index is 1210. The molecule has 4 N–H and O–H groups in total. The first-order valence-corrected chi connectivity index (χ1v) is 16.2. The number of nitro groups is 1. The van der Waals surface area contributed by atoms with Crippen LogP contribution in [0.5, 0.6) is 0 Å². The number of rotatable bonds is 15. The largest absolute Gasteiger partial charge is 0.481 e. The van der Waals surface area contributed by atoms with Crippen LogP contribution < -0.4 is 16.5 Å². The summed E-state index contributed by atoms with van der Waals surface area (Å²) in [6.07, 6.45) is 4.28. The third kappa shape index (κ3) is 7.45. The third-order valence-electron chi connectivity index (χ3n) is 10.4. The van der Waals surface area contributed by atoms with Crippen molar-refractivity contribution in [3.63, 3.8) is 0 Å². The molecule has 1 aromatic carbocycles. The minimum absolute atomic E-state index is 0.000457. The van der Waals surface area contributed by atoms with E-state index < -0.39 is 23.7 Å². The number of aliphatic imine (C=N–C) groups is 1. The molecule has 44 heavy (non-hydrogen) atoms. The SMILES string of the molecule is CC[C@@H](C(=O)C[C@@H](CCCN=C(N)N[N+](=O)[O-])C(=O)N[C@@H](CC(C)C)B1O[C@@H]2C[C@@H]3C[C@@H](C3(C)C)[C@]2(C)O1)c1ccccc1. The lowest BCUT2D eigenvalue weighted by Crippen LogP contribution is -2.65. The maximum absolute atomic E-state index is 14.0. The maximum Gasteiger partial charge on any atom is 0.481 e. The van der Waals surface area contributed by atoms with Gasteiger partial charge in [-0.15, -0.1) is 0 Å². The van der Waals surface area contributed by atoms with Crippen LogP contribution in [0.3, 0.4) is 0 Å². The van der Waals surface area contributed by atoms with Crippen molar-refractivity contribution in [1.29, 1.82) is 0 Å². The predicted molar refractivity (Wildman–Crippen MR) is 170 cm³/mol. The molecule has 0 radical (unpaired) electrons. The van der Waals surface area contributed by atoms with E-state index in [0.717, 1.165) is 18.4 Å². The average molecular weight is 612 g/mol. The van der Waals surface area contributed by atoms with Crippen molar-refractivity contribution in [3.8, 4) is 0 Å². The van der Waals surface area contributed by atoms with Crippen molar-refractivity contribution in [2.24, 2.45) is 39.8 Å². The molecule has 1 aromatic rings. The molecule has 1 saturated heterocycles. The molecule has 1 amide bonds. The van der Waals surface area contributed by atoms with Crippen LogP contribution in [0.1, 0.15) is 98.0 Å². The second kappa shape index (κ2) is 14.0. The van der Waals surface area contributed by atoms with E-state index in [9.17, 15) is 19.7 Å². The van der Waals surface area contributed by atoms with Gasteiger partial charge in [-0.05, 0) is 74.2 Å². The van der Waals surface area contributed by atoms with Crippen molar-refractivity contribution >= 4 is 24.8 Å². The Labute approximate surface area is 261 Å². The van der Waals surface area contributed by atoms with Gasteiger partial charge < -0.3 is 20.4 Å². The lowest BCUT2D eigenvalue weighted by Gasteiger charge is -2.64. The fourth-order valence-electron chi connectivity index (χ4n) is 7.83. The first-order valence-electron chi connectivity index (χ1n) is 16.2. The van der Waals surface area contributed by atoms with Crippen molar-refractivity contribution in [2.75, 3.05) is 6.54 Å². The van der Waals surface area contributed by atoms with E-state index in [-0.39, 0.29) is 59.9 Å². The normalized spacial score (nSPS) is 27.6. The fourth-order valence-corrected chi connectivity index (χ4v) is 7.83. The van der Waals surface area contributed by atoms with Gasteiger partial charge in [0.25, 0.3) is 5.96 Å². The zero-order valence-electron chi connectivity index (χ0n) is 27.1. The quantitative estimate of drug-likeness (QED) is 0.0656. The first-order chi connectivity index (χ1) is 20.8. The second-order valence-corrected chi connectivity index (χ2v) is 14.1. The van der Waals surface area contributed by atoms with E-state index in [1.54, 1.807) is 0 Å². The molecule has 5 rings (SSSR count). The van der Waals surface area contributed by atoms with Gasteiger partial charge in [0.1, 0.15) is 5.78 Å². The number of hydrogen-bond donors (Lipinski definition) is 3. The van der Waals surface area contributed by atoms with Crippen molar-refractivity contribution in [3.05, 3.63) is 46.0 Å². The minimum Gasteiger partial charge on any atom is -0.404 e. The van der Waals surface area contributed by atoms with Gasteiger partial charge in [-0.1, -0.05) is 70.4 Å². The Balaban J connectivity index is 1.49. The molecule has 242 valence electrons. The van der Waals surface area contributed by atoms with Crippen molar-refractivity contribution < 1.29 is 23.9 Å². The van der Waals surface area contributed by atoms with Crippen LogP contribution in [-0.4, -0.2) is 54.0 Å². The van der Waals surface area contributed by atoms with Gasteiger partial charge >= 0.3 is 7.12 Å². The number of carbonyl (C=O) groups excluding carboxylic acids is 2. The first kappa shape index (κ1) is 33.9. The fraction of sp³-hybridized carbons (Fsp3) is 0.719. The summed E-state index contributed by atoms with van der Waals surface area (Å²) in [5.74, 6) is -0.489. The number of nitrogens with two attached hydrogens (primary N) is 1. The number of amides is 1. The number of Topliss-reactive ketones (excluding diaryl/α,β-unsaturated/α-hetero) is 1. The summed E-state index contributed by atoms with van der Waals surface area (Å²) in [7, 11) is -0.562. The lowest BCUT2D eigenvalue weighted by molar-refractivity contribution is -0.525. The number of benzene rings is 1. The molecule has 3 aliphatic carbocycles. The molecule has 1 heterocycles. The molecule has 4 fully saturated rings. The summed E-state index contributed by atoms with van der Waals surface area (Å²) in [5.41, 5.74) is 8.14. The highest BCUT2D eigenvalue weighted by molar-refractivity contribution is 6.47. The molecule has 2 bridgehead atoms. The number of ketones is 1. The van der Waals surface area contributed by atoms with Crippen LogP contribution in [0.25, 0.3) is 0 Å². The Kier molecular flexibility index (Phi) is 10.8. The van der Waals surface area contributed by atoms with Crippen LogP contribution in [0.2, 0.25) is 0 Å². The van der Waals surface area contributed by atoms with Gasteiger partial charge in [-0.25, -0.2) is 15.1 Å². The zero-order chi connectivity index (χ0) is 32.2. The van der Waals surface area contributed by atoms with E-state index >= 15 is 0 Å². The molecule has 0 spiro atoms. The summed E-state index contributed by atoms with van der Waals surface area (Å²) in [5, 5.41) is 13.1. The van der Waals surface area contributed by atoms with Gasteiger partial charge in [-0.3, -0.25) is 9.59 Å². The van der Waals surface area contributed by atoms with E-state index in [1.165, 1.54) is 0 Å². The van der Waals surface area contributed by atoms with Crippen LogP contribution in [-0.2, 0) is 18.9 Å². The Morgan fingerprint density at radius 1 is 1.20 bits per heavy atom. The monoisotopic (exact) mass is 611 g/mol. The highest BCUT2D eigenvalue weighted by Gasteiger charge is 2.68. The van der Waals surface area contributed by atoms with E-state index in [4.69, 9.17) is 15.0 Å². The summed E-state index contributed by atoms with van der Waals surface area (Å²) in [6.45, 7) is 13.2. The molecule has 3 saturated carbocycles. The number of hydrazine groups is 1. The molecule has 0 unspecified atom stereocenters. The molecular formula is C32H50BN5O6. The highest BCUT2D eigenvalue weighted by atomic mass is 16.7. The topological polar surface area (TPSA) is 158 Å². The van der Waals surface area contributed by atoms with E-state index in [2.05, 4.69) is 44.9 Å². The maximum atomic E-state index is 14.0. The van der Waals surface area contributed by atoms with Gasteiger partial charge in [0.15, 0.2) is 5.03 Å². The number of carbonyl (C=O) groups is 2. The molecule has 12 heteroatoms. The summed E-state index contributed by atoms with van der Waals surface area (Å²) >= 11 is 0. The predicted octanol–water partition coefficient (Wildman–Crippen LogP) is 4.43. The number of hydrogen-bond acceptors (Lipinski definition) is 7. The molecule has 0 aromatic heterocycles. The summed E-state index contributed by atoms with van der Waals surface area (Å²) < 4.78 is 13.3. The van der Waals surface area contributed by atoms with Crippen LogP contribution >= 0.6 is 0 Å². The molecular weight excluding hydrogens is 561 g/mol. The average Bonchev–Trinajstić information content (AvgIpc) is 3.32. The van der Waals surface area contributed by atoms with Crippen LogP contribution in [0.4, 0.5) is 0 Å².